The van der Waals surface area contributed by atoms with Gasteiger partial charge in [-0.25, -0.2) is 0 Å². The number of fused-ring (bicyclic) bond motifs is 1. The van der Waals surface area contributed by atoms with Crippen molar-refractivity contribution in [2.75, 3.05) is 0 Å². The van der Waals surface area contributed by atoms with Crippen LogP contribution in [0.3, 0.4) is 0 Å². The summed E-state index contributed by atoms with van der Waals surface area (Å²) in [6.45, 7) is -3.20. The highest BCUT2D eigenvalue weighted by Gasteiger charge is 2.32. The summed E-state index contributed by atoms with van der Waals surface area (Å²) >= 11 is 0. The summed E-state index contributed by atoms with van der Waals surface area (Å²) in [7, 11) is 0. The summed E-state index contributed by atoms with van der Waals surface area (Å²) in [5.74, 6) is -0.518. The first kappa shape index (κ1) is 13.3. The minimum absolute atomic E-state index is 0.161. The molecule has 102 valence electrons. The van der Waals surface area contributed by atoms with E-state index in [2.05, 4.69) is 4.74 Å². The lowest BCUT2D eigenvalue weighted by atomic mass is 10.2. The van der Waals surface area contributed by atoms with Gasteiger partial charge < -0.3 is 9.72 Å². The lowest BCUT2D eigenvalue weighted by Crippen LogP contribution is -2.14. The van der Waals surface area contributed by atoms with Gasteiger partial charge >= 0.3 is 12.8 Å². The molecule has 0 radical (unpaired) electrons. The molecule has 0 amide bonds. The zero-order chi connectivity index (χ0) is 14.2. The second-order valence-corrected chi connectivity index (χ2v) is 3.60. The van der Waals surface area contributed by atoms with E-state index in [4.69, 9.17) is 0 Å². The molecule has 1 heterocycles. The smallest absolute Gasteiger partial charge is 0.431 e. The number of halogens is 5. The summed E-state index contributed by atoms with van der Waals surface area (Å²) in [6, 6.07) is 3.87. The molecule has 1 N–H and O–H groups in total. The third kappa shape index (κ3) is 2.67. The van der Waals surface area contributed by atoms with Crippen molar-refractivity contribution < 1.29 is 26.7 Å². The molecule has 0 fully saturated rings. The number of aromatic nitrogens is 1. The molecule has 0 bridgehead atoms. The number of rotatable bonds is 2. The van der Waals surface area contributed by atoms with E-state index in [9.17, 15) is 26.7 Å². The van der Waals surface area contributed by atoms with Crippen LogP contribution in [0.4, 0.5) is 22.0 Å². The van der Waals surface area contributed by atoms with Crippen LogP contribution in [0.5, 0.6) is 5.75 Å². The third-order valence-electron chi connectivity index (χ3n) is 2.35. The minimum atomic E-state index is -4.79. The lowest BCUT2D eigenvalue weighted by molar-refractivity contribution is -0.141. The number of para-hydroxylation sites is 1. The molecular formula is C11H6F5NO2. The van der Waals surface area contributed by atoms with Crippen LogP contribution in [0.25, 0.3) is 10.9 Å². The van der Waals surface area contributed by atoms with E-state index in [0.717, 1.165) is 6.07 Å². The predicted molar refractivity (Wildman–Crippen MR) is 56.2 cm³/mol. The van der Waals surface area contributed by atoms with Crippen LogP contribution >= 0.6 is 0 Å². The number of benzene rings is 1. The maximum atomic E-state index is 12.5. The Balaban J connectivity index is 2.73. The van der Waals surface area contributed by atoms with Crippen LogP contribution in [0.1, 0.15) is 5.69 Å². The van der Waals surface area contributed by atoms with E-state index in [-0.39, 0.29) is 5.39 Å². The van der Waals surface area contributed by atoms with Crippen LogP contribution in [-0.4, -0.2) is 11.6 Å². The van der Waals surface area contributed by atoms with E-state index in [1.54, 1.807) is 0 Å². The Bertz CT molecular complexity index is 662. The normalized spacial score (nSPS) is 12.1. The molecule has 0 atom stereocenters. The van der Waals surface area contributed by atoms with Crippen molar-refractivity contribution in [1.29, 1.82) is 0 Å². The van der Waals surface area contributed by atoms with E-state index in [0.29, 0.717) is 6.07 Å². The van der Waals surface area contributed by atoms with Crippen molar-refractivity contribution in [3.63, 3.8) is 0 Å². The first-order chi connectivity index (χ1) is 8.79. The second kappa shape index (κ2) is 4.52. The Labute approximate surface area is 102 Å². The Morgan fingerprint density at radius 2 is 1.89 bits per heavy atom. The monoisotopic (exact) mass is 279 g/mol. The summed E-state index contributed by atoms with van der Waals surface area (Å²) in [5.41, 5.74) is -2.67. The van der Waals surface area contributed by atoms with Crippen molar-refractivity contribution in [2.24, 2.45) is 0 Å². The fourth-order valence-electron chi connectivity index (χ4n) is 1.59. The van der Waals surface area contributed by atoms with Crippen LogP contribution < -0.4 is 10.2 Å². The molecule has 0 saturated heterocycles. The molecule has 1 aromatic heterocycles. The molecule has 0 aliphatic carbocycles. The summed E-state index contributed by atoms with van der Waals surface area (Å²) in [4.78, 5) is 13.4. The SMILES string of the molecule is O=c1cc(C(F)(F)F)[nH]c2c(OC(F)F)cccc12. The van der Waals surface area contributed by atoms with Crippen LogP contribution in [-0.2, 0) is 6.18 Å². The maximum Gasteiger partial charge on any atom is 0.431 e. The molecule has 0 unspecified atom stereocenters. The Kier molecular flexibility index (Phi) is 3.17. The first-order valence-electron chi connectivity index (χ1n) is 4.97. The van der Waals surface area contributed by atoms with Crippen LogP contribution in [0.15, 0.2) is 29.1 Å². The number of pyridine rings is 1. The van der Waals surface area contributed by atoms with Gasteiger partial charge in [-0.15, -0.1) is 0 Å². The van der Waals surface area contributed by atoms with Gasteiger partial charge in [0.1, 0.15) is 11.4 Å². The maximum absolute atomic E-state index is 12.5. The number of hydrogen-bond donors (Lipinski definition) is 1. The molecule has 0 aliphatic rings. The van der Waals surface area contributed by atoms with Crippen molar-refractivity contribution in [3.05, 3.63) is 40.2 Å². The van der Waals surface area contributed by atoms with Crippen molar-refractivity contribution >= 4 is 10.9 Å². The average molecular weight is 279 g/mol. The Morgan fingerprint density at radius 3 is 2.47 bits per heavy atom. The van der Waals surface area contributed by atoms with Gasteiger partial charge in [0.15, 0.2) is 5.43 Å². The summed E-state index contributed by atoms with van der Waals surface area (Å²) in [6.07, 6.45) is -4.79. The molecule has 0 spiro atoms. The minimum Gasteiger partial charge on any atom is -0.433 e. The molecule has 2 rings (SSSR count). The van der Waals surface area contributed by atoms with Gasteiger partial charge in [-0.3, -0.25) is 4.79 Å². The largest absolute Gasteiger partial charge is 0.433 e. The van der Waals surface area contributed by atoms with Crippen molar-refractivity contribution in [1.82, 2.24) is 4.98 Å². The fourth-order valence-corrected chi connectivity index (χ4v) is 1.59. The number of ether oxygens (including phenoxy) is 1. The van der Waals surface area contributed by atoms with E-state index < -0.39 is 35.2 Å². The van der Waals surface area contributed by atoms with Gasteiger partial charge in [-0.05, 0) is 12.1 Å². The molecule has 3 nitrogen and oxygen atoms in total. The lowest BCUT2D eigenvalue weighted by Gasteiger charge is -2.11. The molecule has 0 saturated carbocycles. The summed E-state index contributed by atoms with van der Waals surface area (Å²) < 4.78 is 66.0. The molecule has 1 aromatic carbocycles. The number of alkyl halides is 5. The van der Waals surface area contributed by atoms with Gasteiger partial charge in [0.05, 0.1) is 5.52 Å². The van der Waals surface area contributed by atoms with Gasteiger partial charge in [0.25, 0.3) is 0 Å². The Hall–Kier alpha value is -2.12. The highest BCUT2D eigenvalue weighted by Crippen LogP contribution is 2.30. The fraction of sp³-hybridized carbons (Fsp3) is 0.182. The van der Waals surface area contributed by atoms with Crippen molar-refractivity contribution in [2.45, 2.75) is 12.8 Å². The standard InChI is InChI=1S/C11H6F5NO2/c12-10(13)19-7-3-1-2-5-6(18)4-8(11(14,15)16)17-9(5)7/h1-4,10H,(H,17,18). The van der Waals surface area contributed by atoms with Gasteiger partial charge in [0.2, 0.25) is 0 Å². The van der Waals surface area contributed by atoms with E-state index in [1.807, 2.05) is 4.98 Å². The zero-order valence-electron chi connectivity index (χ0n) is 9.09. The Morgan fingerprint density at radius 1 is 1.21 bits per heavy atom. The first-order valence-corrected chi connectivity index (χ1v) is 4.97. The average Bonchev–Trinajstić information content (AvgIpc) is 2.28. The van der Waals surface area contributed by atoms with Gasteiger partial charge in [-0.2, -0.15) is 22.0 Å². The predicted octanol–water partition coefficient (Wildman–Crippen LogP) is 3.15. The van der Waals surface area contributed by atoms with E-state index >= 15 is 0 Å². The molecule has 2 aromatic rings. The van der Waals surface area contributed by atoms with Crippen molar-refractivity contribution in [3.8, 4) is 5.75 Å². The van der Waals surface area contributed by atoms with Gasteiger partial charge in [0, 0.05) is 11.5 Å². The quantitative estimate of drug-likeness (QED) is 0.858. The summed E-state index contributed by atoms with van der Waals surface area (Å²) in [5, 5.41) is -0.161. The number of aromatic amines is 1. The number of H-pyrrole nitrogens is 1. The molecule has 8 heteroatoms. The van der Waals surface area contributed by atoms with Crippen LogP contribution in [0.2, 0.25) is 0 Å². The molecule has 19 heavy (non-hydrogen) atoms. The highest BCUT2D eigenvalue weighted by molar-refractivity contribution is 5.84. The second-order valence-electron chi connectivity index (χ2n) is 3.60. The number of hydrogen-bond acceptors (Lipinski definition) is 2. The topological polar surface area (TPSA) is 42.1 Å². The third-order valence-corrected chi connectivity index (χ3v) is 2.35. The zero-order valence-corrected chi connectivity index (χ0v) is 9.09. The molecular weight excluding hydrogens is 273 g/mol. The van der Waals surface area contributed by atoms with Crippen LogP contribution in [0, 0.1) is 0 Å². The van der Waals surface area contributed by atoms with Gasteiger partial charge in [-0.1, -0.05) is 6.07 Å². The highest BCUT2D eigenvalue weighted by atomic mass is 19.4. The molecule has 0 aliphatic heterocycles. The number of nitrogens with one attached hydrogen (secondary N) is 1. The van der Waals surface area contributed by atoms with E-state index in [1.165, 1.54) is 12.1 Å².